The average molecular weight is 211 g/mol. The molecule has 2 saturated heterocycles. The molecule has 0 bridgehead atoms. The molecule has 4 heteroatoms. The van der Waals surface area contributed by atoms with E-state index >= 15 is 0 Å². The van der Waals surface area contributed by atoms with E-state index in [-0.39, 0.29) is 11.6 Å². The number of nitrogens with zero attached hydrogens (tertiary/aromatic N) is 2. The third kappa shape index (κ3) is 1.76. The zero-order chi connectivity index (χ0) is 11.1. The zero-order valence-electron chi connectivity index (χ0n) is 9.70. The van der Waals surface area contributed by atoms with Gasteiger partial charge in [0.25, 0.3) is 0 Å². The predicted molar refractivity (Wildman–Crippen MR) is 59.1 cm³/mol. The molecule has 15 heavy (non-hydrogen) atoms. The third-order valence-corrected chi connectivity index (χ3v) is 3.98. The highest BCUT2D eigenvalue weighted by Gasteiger charge is 2.48. The molecule has 0 unspecified atom stereocenters. The number of hydrogen-bond donors (Lipinski definition) is 1. The van der Waals surface area contributed by atoms with Crippen molar-refractivity contribution in [3.63, 3.8) is 0 Å². The Morgan fingerprint density at radius 3 is 2.27 bits per heavy atom. The van der Waals surface area contributed by atoms with Gasteiger partial charge in [-0.05, 0) is 46.3 Å². The van der Waals surface area contributed by atoms with Crippen molar-refractivity contribution >= 4 is 5.91 Å². The second-order valence-corrected chi connectivity index (χ2v) is 5.07. The third-order valence-electron chi connectivity index (χ3n) is 3.98. The van der Waals surface area contributed by atoms with Crippen LogP contribution < -0.4 is 5.73 Å². The zero-order valence-corrected chi connectivity index (χ0v) is 9.70. The average Bonchev–Trinajstić information content (AvgIpc) is 2.50. The maximum absolute atomic E-state index is 12.3. The van der Waals surface area contributed by atoms with E-state index in [0.29, 0.717) is 5.91 Å². The topological polar surface area (TPSA) is 49.6 Å². The molecule has 0 aromatic carbocycles. The maximum atomic E-state index is 12.3. The Hall–Kier alpha value is -0.610. The molecule has 2 aliphatic heterocycles. The van der Waals surface area contributed by atoms with Crippen LogP contribution in [0.5, 0.6) is 0 Å². The lowest BCUT2D eigenvalue weighted by atomic mass is 9.77. The lowest BCUT2D eigenvalue weighted by molar-refractivity contribution is -0.139. The first-order valence-corrected chi connectivity index (χ1v) is 5.80. The van der Waals surface area contributed by atoms with Crippen LogP contribution in [0.2, 0.25) is 0 Å². The Kier molecular flexibility index (Phi) is 2.73. The van der Waals surface area contributed by atoms with Crippen LogP contribution in [-0.2, 0) is 4.79 Å². The number of carbonyl (C=O) groups excluding carboxylic acids is 1. The first-order valence-electron chi connectivity index (χ1n) is 5.80. The highest BCUT2D eigenvalue weighted by Crippen LogP contribution is 2.41. The van der Waals surface area contributed by atoms with Crippen LogP contribution >= 0.6 is 0 Å². The van der Waals surface area contributed by atoms with Gasteiger partial charge >= 0.3 is 0 Å². The minimum Gasteiger partial charge on any atom is -0.327 e. The molecule has 4 nitrogen and oxygen atoms in total. The number of rotatable bonds is 1. The molecule has 86 valence electrons. The fourth-order valence-electron chi connectivity index (χ4n) is 2.75. The number of piperidine rings is 1. The van der Waals surface area contributed by atoms with Crippen molar-refractivity contribution in [2.75, 3.05) is 26.7 Å². The maximum Gasteiger partial charge on any atom is 0.230 e. The van der Waals surface area contributed by atoms with Gasteiger partial charge < -0.3 is 15.5 Å². The first kappa shape index (κ1) is 10.9. The summed E-state index contributed by atoms with van der Waals surface area (Å²) in [6.45, 7) is 4.82. The Morgan fingerprint density at radius 1 is 1.27 bits per heavy atom. The summed E-state index contributed by atoms with van der Waals surface area (Å²) in [5, 5.41) is 0. The Morgan fingerprint density at radius 2 is 1.80 bits per heavy atom. The van der Waals surface area contributed by atoms with E-state index in [1.54, 1.807) is 0 Å². The molecule has 2 rings (SSSR count). The number of carbonyl (C=O) groups is 1. The van der Waals surface area contributed by atoms with E-state index in [2.05, 4.69) is 11.9 Å². The summed E-state index contributed by atoms with van der Waals surface area (Å²) in [5.74, 6) is 0.297. The Labute approximate surface area is 91.4 Å². The van der Waals surface area contributed by atoms with Gasteiger partial charge in [0.15, 0.2) is 0 Å². The van der Waals surface area contributed by atoms with Gasteiger partial charge in [-0.1, -0.05) is 0 Å². The smallest absolute Gasteiger partial charge is 0.230 e. The predicted octanol–water partition coefficient (Wildman–Crippen LogP) is 0.235. The van der Waals surface area contributed by atoms with Crippen molar-refractivity contribution in [3.05, 3.63) is 0 Å². The number of amides is 1. The van der Waals surface area contributed by atoms with Crippen LogP contribution in [0.4, 0.5) is 0 Å². The van der Waals surface area contributed by atoms with Gasteiger partial charge in [-0.25, -0.2) is 0 Å². The molecule has 0 aromatic rings. The standard InChI is InChI=1S/C11H21N3O/c1-9(12)14-8-5-11(10(14)15)3-6-13(2)7-4-11/h9H,3-8,12H2,1-2H3/t9-/m1/s1. The molecule has 2 fully saturated rings. The van der Waals surface area contributed by atoms with Gasteiger partial charge in [0.2, 0.25) is 5.91 Å². The summed E-state index contributed by atoms with van der Waals surface area (Å²) in [4.78, 5) is 16.4. The second-order valence-electron chi connectivity index (χ2n) is 5.07. The fraction of sp³-hybridized carbons (Fsp3) is 0.909. The van der Waals surface area contributed by atoms with E-state index in [0.717, 1.165) is 38.9 Å². The molecule has 1 spiro atoms. The Bertz CT molecular complexity index is 257. The lowest BCUT2D eigenvalue weighted by Gasteiger charge is -2.36. The molecule has 1 atom stereocenters. The van der Waals surface area contributed by atoms with Crippen molar-refractivity contribution in [1.82, 2.24) is 9.80 Å². The van der Waals surface area contributed by atoms with Gasteiger partial charge in [0.05, 0.1) is 11.6 Å². The first-order chi connectivity index (χ1) is 7.05. The van der Waals surface area contributed by atoms with E-state index in [4.69, 9.17) is 5.73 Å². The van der Waals surface area contributed by atoms with Crippen molar-refractivity contribution in [2.45, 2.75) is 32.4 Å². The Balaban J connectivity index is 2.08. The minimum atomic E-state index is -0.128. The van der Waals surface area contributed by atoms with Gasteiger partial charge in [0.1, 0.15) is 0 Å². The second kappa shape index (κ2) is 3.76. The van der Waals surface area contributed by atoms with Gasteiger partial charge in [0, 0.05) is 6.54 Å². The SMILES string of the molecule is C[C@H](N)N1CCC2(CCN(C)CC2)C1=O. The van der Waals surface area contributed by atoms with Crippen molar-refractivity contribution in [2.24, 2.45) is 11.1 Å². The van der Waals surface area contributed by atoms with Crippen LogP contribution in [0.3, 0.4) is 0 Å². The molecule has 2 aliphatic rings. The lowest BCUT2D eigenvalue weighted by Crippen LogP contribution is -2.47. The summed E-state index contributed by atoms with van der Waals surface area (Å²) in [7, 11) is 2.12. The minimum absolute atomic E-state index is 0.0693. The normalized spacial score (nSPS) is 28.7. The molecule has 1 amide bonds. The quantitative estimate of drug-likeness (QED) is 0.676. The molecule has 0 aromatic heterocycles. The molecular weight excluding hydrogens is 190 g/mol. The highest BCUT2D eigenvalue weighted by atomic mass is 16.2. The van der Waals surface area contributed by atoms with Crippen LogP contribution in [0, 0.1) is 5.41 Å². The van der Waals surface area contributed by atoms with Crippen molar-refractivity contribution in [3.8, 4) is 0 Å². The van der Waals surface area contributed by atoms with Crippen LogP contribution in [-0.4, -0.2) is 48.6 Å². The summed E-state index contributed by atoms with van der Waals surface area (Å²) in [6, 6.07) is 0. The molecule has 0 aliphatic carbocycles. The van der Waals surface area contributed by atoms with E-state index in [1.165, 1.54) is 0 Å². The highest BCUT2D eigenvalue weighted by molar-refractivity contribution is 5.85. The summed E-state index contributed by atoms with van der Waals surface area (Å²) in [6.07, 6.45) is 2.88. The van der Waals surface area contributed by atoms with Crippen molar-refractivity contribution in [1.29, 1.82) is 0 Å². The van der Waals surface area contributed by atoms with E-state index in [1.807, 2.05) is 11.8 Å². The number of nitrogens with two attached hydrogens (primary N) is 1. The molecule has 2 N–H and O–H groups in total. The van der Waals surface area contributed by atoms with Crippen LogP contribution in [0.15, 0.2) is 0 Å². The number of hydrogen-bond acceptors (Lipinski definition) is 3. The molecular formula is C11H21N3O. The van der Waals surface area contributed by atoms with Crippen molar-refractivity contribution < 1.29 is 4.79 Å². The van der Waals surface area contributed by atoms with E-state index in [9.17, 15) is 4.79 Å². The summed E-state index contributed by atoms with van der Waals surface area (Å²) in [5.41, 5.74) is 5.73. The van der Waals surface area contributed by atoms with Gasteiger partial charge in [-0.15, -0.1) is 0 Å². The summed E-state index contributed by atoms with van der Waals surface area (Å²) < 4.78 is 0. The molecule has 0 saturated carbocycles. The largest absolute Gasteiger partial charge is 0.327 e. The fourth-order valence-corrected chi connectivity index (χ4v) is 2.75. The van der Waals surface area contributed by atoms with Crippen LogP contribution in [0.1, 0.15) is 26.2 Å². The summed E-state index contributed by atoms with van der Waals surface area (Å²) >= 11 is 0. The van der Waals surface area contributed by atoms with Gasteiger partial charge in [-0.2, -0.15) is 0 Å². The monoisotopic (exact) mass is 211 g/mol. The van der Waals surface area contributed by atoms with Crippen LogP contribution in [0.25, 0.3) is 0 Å². The van der Waals surface area contributed by atoms with Gasteiger partial charge in [-0.3, -0.25) is 4.79 Å². The molecule has 0 radical (unpaired) electrons. The number of likely N-dealkylation sites (tertiary alicyclic amines) is 2. The van der Waals surface area contributed by atoms with E-state index < -0.39 is 0 Å². The molecule has 2 heterocycles.